The number of benzene rings is 3. The van der Waals surface area contributed by atoms with E-state index in [0.717, 1.165) is 103 Å². The molecule has 1 amide bonds. The molecule has 0 saturated carbocycles. The molecular weight excluding hydrogens is 570 g/mol. The largest absolute Gasteiger partial charge is 0.491 e. The highest BCUT2D eigenvalue weighted by Gasteiger charge is 2.25. The lowest BCUT2D eigenvalue weighted by Gasteiger charge is -2.38. The van der Waals surface area contributed by atoms with Crippen molar-refractivity contribution in [1.29, 1.82) is 0 Å². The number of nitrogens with zero attached hydrogens (tertiary/aromatic N) is 2. The monoisotopic (exact) mass is 615 g/mol. The molecule has 234 valence electrons. The van der Waals surface area contributed by atoms with Crippen LogP contribution in [-0.4, -0.2) is 76.6 Å². The summed E-state index contributed by atoms with van der Waals surface area (Å²) in [6.45, 7) is 8.25. The lowest BCUT2D eigenvalue weighted by molar-refractivity contribution is -0.112. The number of anilines is 2. The second kappa shape index (κ2) is 16.1. The van der Waals surface area contributed by atoms with Crippen LogP contribution >= 0.6 is 12.6 Å². The molecule has 2 heterocycles. The third-order valence-corrected chi connectivity index (χ3v) is 8.57. The van der Waals surface area contributed by atoms with Crippen molar-refractivity contribution < 1.29 is 19.0 Å². The van der Waals surface area contributed by atoms with Crippen LogP contribution in [0, 0.1) is 0 Å². The summed E-state index contributed by atoms with van der Waals surface area (Å²) in [7, 11) is 2.18. The number of carbonyl (C=O) groups is 1. The first-order valence-electron chi connectivity index (χ1n) is 15.8. The first kappa shape index (κ1) is 32.1. The first-order chi connectivity index (χ1) is 21.5. The summed E-state index contributed by atoms with van der Waals surface area (Å²) in [6, 6.07) is 22.6. The van der Waals surface area contributed by atoms with E-state index in [1.165, 1.54) is 0 Å². The Balaban J connectivity index is 1.38. The highest BCUT2D eigenvalue weighted by atomic mass is 32.1. The molecule has 1 atom stereocenters. The van der Waals surface area contributed by atoms with Gasteiger partial charge < -0.3 is 24.4 Å². The van der Waals surface area contributed by atoms with Gasteiger partial charge >= 0.3 is 0 Å². The molecule has 2 aliphatic rings. The molecule has 0 radical (unpaired) electrons. The minimum atomic E-state index is -0.0673. The summed E-state index contributed by atoms with van der Waals surface area (Å²) in [6.07, 6.45) is 5.86. The van der Waals surface area contributed by atoms with Crippen LogP contribution < -0.4 is 15.0 Å². The van der Waals surface area contributed by atoms with E-state index in [1.54, 1.807) is 0 Å². The van der Waals surface area contributed by atoms with Crippen LogP contribution in [0.2, 0.25) is 0 Å². The number of rotatable bonds is 12. The molecule has 1 fully saturated rings. The van der Waals surface area contributed by atoms with E-state index in [-0.39, 0.29) is 5.91 Å². The standard InChI is InChI=1S/C36H45N3O4S/c1-3-4-19-41-21-22-43-33-12-7-27(8-13-33)28-9-16-35-30(23-28)24-29(36(40)37-31-10-14-34(44)15-11-31)6-5-17-39(35)25-32-26-42-20-18-38(32)2/h7-16,23-24,32,44H,3-6,17-22,25-26H2,1-2H3,(H,37,40)/b29-24+. The number of morpholine rings is 1. The van der Waals surface area contributed by atoms with E-state index < -0.39 is 0 Å². The fourth-order valence-corrected chi connectivity index (χ4v) is 5.75. The van der Waals surface area contributed by atoms with Gasteiger partial charge in [-0.1, -0.05) is 31.5 Å². The van der Waals surface area contributed by atoms with Crippen molar-refractivity contribution in [3.05, 3.63) is 77.9 Å². The van der Waals surface area contributed by atoms with Crippen molar-refractivity contribution in [1.82, 2.24) is 4.90 Å². The van der Waals surface area contributed by atoms with Crippen LogP contribution in [-0.2, 0) is 14.3 Å². The fourth-order valence-electron chi connectivity index (χ4n) is 5.60. The van der Waals surface area contributed by atoms with Crippen LogP contribution in [0.25, 0.3) is 17.2 Å². The molecule has 7 nitrogen and oxygen atoms in total. The van der Waals surface area contributed by atoms with Gasteiger partial charge in [-0.15, -0.1) is 12.6 Å². The van der Waals surface area contributed by atoms with Crippen LogP contribution in [0.3, 0.4) is 0 Å². The smallest absolute Gasteiger partial charge is 0.251 e. The number of carbonyl (C=O) groups excluding carboxylic acids is 1. The Morgan fingerprint density at radius 3 is 2.57 bits per heavy atom. The molecule has 1 unspecified atom stereocenters. The van der Waals surface area contributed by atoms with Gasteiger partial charge in [-0.3, -0.25) is 9.69 Å². The lowest BCUT2D eigenvalue weighted by Crippen LogP contribution is -2.49. The average molecular weight is 616 g/mol. The van der Waals surface area contributed by atoms with Gasteiger partial charge in [0.15, 0.2) is 0 Å². The van der Waals surface area contributed by atoms with Gasteiger partial charge in [-0.25, -0.2) is 0 Å². The molecule has 1 N–H and O–H groups in total. The van der Waals surface area contributed by atoms with E-state index in [9.17, 15) is 4.79 Å². The van der Waals surface area contributed by atoms with Crippen LogP contribution in [0.4, 0.5) is 11.4 Å². The number of ether oxygens (including phenoxy) is 3. The van der Waals surface area contributed by atoms with Gasteiger partial charge in [-0.05, 0) is 97.6 Å². The lowest BCUT2D eigenvalue weighted by atomic mass is 9.96. The molecule has 0 bridgehead atoms. The summed E-state index contributed by atoms with van der Waals surface area (Å²) in [5.41, 5.74) is 5.92. The molecular formula is C36H45N3O4S. The van der Waals surface area contributed by atoms with Gasteiger partial charge in [-0.2, -0.15) is 0 Å². The quantitative estimate of drug-likeness (QED) is 0.173. The highest BCUT2D eigenvalue weighted by molar-refractivity contribution is 7.80. The molecule has 3 aromatic rings. The van der Waals surface area contributed by atoms with Crippen LogP contribution in [0.5, 0.6) is 5.75 Å². The van der Waals surface area contributed by atoms with E-state index in [4.69, 9.17) is 14.2 Å². The zero-order valence-corrected chi connectivity index (χ0v) is 26.9. The number of unbranched alkanes of at least 4 members (excludes halogenated alkanes) is 1. The predicted molar refractivity (Wildman–Crippen MR) is 182 cm³/mol. The van der Waals surface area contributed by atoms with Crippen molar-refractivity contribution in [3.63, 3.8) is 0 Å². The Labute approximate surface area is 267 Å². The highest BCUT2D eigenvalue weighted by Crippen LogP contribution is 2.33. The third kappa shape index (κ3) is 8.88. The number of likely N-dealkylation sites (N-methyl/N-ethyl adjacent to an activating group) is 1. The molecule has 0 aromatic heterocycles. The molecule has 8 heteroatoms. The zero-order chi connectivity index (χ0) is 30.7. The number of hydrogen-bond donors (Lipinski definition) is 2. The predicted octanol–water partition coefficient (Wildman–Crippen LogP) is 6.79. The van der Waals surface area contributed by atoms with Crippen molar-refractivity contribution in [2.45, 2.75) is 43.5 Å². The Kier molecular flexibility index (Phi) is 11.8. The third-order valence-electron chi connectivity index (χ3n) is 8.27. The summed E-state index contributed by atoms with van der Waals surface area (Å²) < 4.78 is 17.3. The maximum Gasteiger partial charge on any atom is 0.251 e. The Morgan fingerprint density at radius 2 is 1.80 bits per heavy atom. The minimum absolute atomic E-state index is 0.0673. The van der Waals surface area contributed by atoms with E-state index in [0.29, 0.717) is 25.7 Å². The Bertz CT molecular complexity index is 1390. The molecule has 3 aromatic carbocycles. The molecule has 1 saturated heterocycles. The second-order valence-corrected chi connectivity index (χ2v) is 12.1. The number of thiol groups is 1. The van der Waals surface area contributed by atoms with Crippen molar-refractivity contribution in [2.75, 3.05) is 69.9 Å². The second-order valence-electron chi connectivity index (χ2n) is 11.5. The fraction of sp³-hybridized carbons (Fsp3) is 0.417. The van der Waals surface area contributed by atoms with Crippen molar-refractivity contribution in [3.8, 4) is 16.9 Å². The maximum atomic E-state index is 13.5. The Morgan fingerprint density at radius 1 is 1.00 bits per heavy atom. The van der Waals surface area contributed by atoms with Gasteiger partial charge in [0.2, 0.25) is 0 Å². The average Bonchev–Trinajstić information content (AvgIpc) is 3.03. The van der Waals surface area contributed by atoms with Gasteiger partial charge in [0, 0.05) is 48.1 Å². The number of nitrogens with one attached hydrogen (secondary N) is 1. The summed E-state index contributed by atoms with van der Waals surface area (Å²) >= 11 is 4.37. The topological polar surface area (TPSA) is 63.3 Å². The normalized spacial score (nSPS) is 18.5. The van der Waals surface area contributed by atoms with Gasteiger partial charge in [0.1, 0.15) is 12.4 Å². The van der Waals surface area contributed by atoms with Gasteiger partial charge in [0.25, 0.3) is 5.91 Å². The number of fused-ring (bicyclic) bond motifs is 1. The van der Waals surface area contributed by atoms with Crippen molar-refractivity contribution in [2.24, 2.45) is 0 Å². The Hall–Kier alpha value is -3.30. The molecule has 0 spiro atoms. The maximum absolute atomic E-state index is 13.5. The molecule has 2 aliphatic heterocycles. The molecule has 0 aliphatic carbocycles. The first-order valence-corrected chi connectivity index (χ1v) is 16.2. The summed E-state index contributed by atoms with van der Waals surface area (Å²) in [4.78, 5) is 19.2. The van der Waals surface area contributed by atoms with Gasteiger partial charge in [0.05, 0.1) is 25.9 Å². The van der Waals surface area contributed by atoms with E-state index in [2.05, 4.69) is 78.1 Å². The SMILES string of the molecule is CCCCOCCOc1ccc(-c2ccc3c(c2)/C=C(/C(=O)Nc2ccc(S)cc2)CCCN3CC2COCCN2C)cc1. The minimum Gasteiger partial charge on any atom is -0.491 e. The molecule has 5 rings (SSSR count). The number of amides is 1. The number of hydrogen-bond acceptors (Lipinski definition) is 7. The van der Waals surface area contributed by atoms with Crippen LogP contribution in [0.1, 0.15) is 38.2 Å². The van der Waals surface area contributed by atoms with Crippen molar-refractivity contribution >= 4 is 36.0 Å². The van der Waals surface area contributed by atoms with E-state index in [1.807, 2.05) is 36.4 Å². The van der Waals surface area contributed by atoms with Crippen LogP contribution in [0.15, 0.2) is 77.2 Å². The van der Waals surface area contributed by atoms with E-state index >= 15 is 0 Å². The summed E-state index contributed by atoms with van der Waals surface area (Å²) in [5, 5.41) is 3.08. The zero-order valence-electron chi connectivity index (χ0n) is 26.0. The summed E-state index contributed by atoms with van der Waals surface area (Å²) in [5.74, 6) is 0.760. The molecule has 44 heavy (non-hydrogen) atoms.